The molecule has 1 atom stereocenters. The number of carbonyl (C=O) groups is 2. The average Bonchev–Trinajstić information content (AvgIpc) is 2.57. The Morgan fingerprint density at radius 3 is 2.59 bits per heavy atom. The van der Waals surface area contributed by atoms with E-state index in [2.05, 4.69) is 6.92 Å². The lowest BCUT2D eigenvalue weighted by atomic mass is 10.2. The summed E-state index contributed by atoms with van der Waals surface area (Å²) in [5.74, 6) is -0.0422. The van der Waals surface area contributed by atoms with Crippen LogP contribution >= 0.6 is 0 Å². The summed E-state index contributed by atoms with van der Waals surface area (Å²) >= 11 is 0. The van der Waals surface area contributed by atoms with Crippen LogP contribution in [0.1, 0.15) is 52.9 Å². The summed E-state index contributed by atoms with van der Waals surface area (Å²) < 4.78 is 10.4. The Morgan fingerprint density at radius 1 is 1.35 bits per heavy atom. The molecule has 1 heterocycles. The molecule has 1 rings (SSSR count). The standard InChI is InChI=1S/C13H20O4/c1-4-6-7-8-11(14)17-13-9(3)16-10(5-2)12(13)15/h10H,4-8H2,1-3H3. The molecule has 96 valence electrons. The van der Waals surface area contributed by atoms with Crippen molar-refractivity contribution in [1.29, 1.82) is 0 Å². The van der Waals surface area contributed by atoms with Crippen LogP contribution in [0.25, 0.3) is 0 Å². The summed E-state index contributed by atoms with van der Waals surface area (Å²) in [6, 6.07) is 0. The third-order valence-electron chi connectivity index (χ3n) is 2.73. The molecule has 0 N–H and O–H groups in total. The largest absolute Gasteiger partial charge is 0.483 e. The van der Waals surface area contributed by atoms with E-state index < -0.39 is 6.10 Å². The van der Waals surface area contributed by atoms with Crippen LogP contribution in [0.4, 0.5) is 0 Å². The highest BCUT2D eigenvalue weighted by Gasteiger charge is 2.34. The van der Waals surface area contributed by atoms with Crippen LogP contribution in [-0.4, -0.2) is 17.9 Å². The molecule has 0 radical (unpaired) electrons. The first-order chi connectivity index (χ1) is 8.10. The van der Waals surface area contributed by atoms with Gasteiger partial charge in [-0.15, -0.1) is 0 Å². The van der Waals surface area contributed by atoms with Crippen LogP contribution in [-0.2, 0) is 19.1 Å². The molecular weight excluding hydrogens is 220 g/mol. The average molecular weight is 240 g/mol. The maximum absolute atomic E-state index is 11.8. The molecule has 0 fully saturated rings. The van der Waals surface area contributed by atoms with E-state index in [0.29, 0.717) is 18.6 Å². The molecule has 0 spiro atoms. The van der Waals surface area contributed by atoms with Gasteiger partial charge in [0.25, 0.3) is 0 Å². The highest BCUT2D eigenvalue weighted by molar-refractivity contribution is 6.01. The quantitative estimate of drug-likeness (QED) is 0.529. The summed E-state index contributed by atoms with van der Waals surface area (Å²) in [5, 5.41) is 0. The van der Waals surface area contributed by atoms with Gasteiger partial charge in [-0.05, 0) is 19.8 Å². The summed E-state index contributed by atoms with van der Waals surface area (Å²) in [5.41, 5.74) is 0. The highest BCUT2D eigenvalue weighted by Crippen LogP contribution is 2.24. The number of rotatable bonds is 6. The Labute approximate surface area is 102 Å². The van der Waals surface area contributed by atoms with Crippen molar-refractivity contribution in [2.75, 3.05) is 0 Å². The molecule has 1 unspecified atom stereocenters. The van der Waals surface area contributed by atoms with E-state index in [-0.39, 0.29) is 17.5 Å². The third kappa shape index (κ3) is 3.58. The number of Topliss-reactive ketones (excluding diaryl/α,β-unsaturated/α-hetero) is 1. The maximum Gasteiger partial charge on any atom is 0.311 e. The Kier molecular flexibility index (Phi) is 5.19. The van der Waals surface area contributed by atoms with Gasteiger partial charge in [-0.25, -0.2) is 0 Å². The summed E-state index contributed by atoms with van der Waals surface area (Å²) in [6.07, 6.45) is 3.31. The van der Waals surface area contributed by atoms with Crippen LogP contribution in [0.3, 0.4) is 0 Å². The van der Waals surface area contributed by atoms with E-state index in [1.54, 1.807) is 6.92 Å². The molecule has 0 saturated carbocycles. The van der Waals surface area contributed by atoms with Gasteiger partial charge in [0.15, 0.2) is 6.10 Å². The first kappa shape index (κ1) is 13.7. The molecule has 0 amide bonds. The molecule has 0 aromatic heterocycles. The van der Waals surface area contributed by atoms with Gasteiger partial charge in [0.2, 0.25) is 11.5 Å². The molecule has 4 nitrogen and oxygen atoms in total. The van der Waals surface area contributed by atoms with Crippen LogP contribution in [0.2, 0.25) is 0 Å². The Bertz CT molecular complexity index is 330. The lowest BCUT2D eigenvalue weighted by Gasteiger charge is -2.05. The van der Waals surface area contributed by atoms with Crippen molar-refractivity contribution in [3.8, 4) is 0 Å². The first-order valence-electron chi connectivity index (χ1n) is 6.22. The highest BCUT2D eigenvalue weighted by atomic mass is 16.6. The van der Waals surface area contributed by atoms with Gasteiger partial charge in [-0.2, -0.15) is 0 Å². The molecule has 1 aliphatic rings. The normalized spacial score (nSPS) is 19.5. The zero-order valence-electron chi connectivity index (χ0n) is 10.7. The minimum absolute atomic E-state index is 0.0957. The number of ketones is 1. The van der Waals surface area contributed by atoms with Crippen molar-refractivity contribution in [2.45, 2.75) is 59.0 Å². The van der Waals surface area contributed by atoms with Crippen molar-refractivity contribution in [3.63, 3.8) is 0 Å². The molecule has 0 saturated heterocycles. The molecule has 0 aromatic rings. The van der Waals surface area contributed by atoms with Gasteiger partial charge in [-0.1, -0.05) is 26.7 Å². The predicted octanol–water partition coefficient (Wildman–Crippen LogP) is 2.72. The van der Waals surface area contributed by atoms with Gasteiger partial charge in [-0.3, -0.25) is 9.59 Å². The SMILES string of the molecule is CCCCCC(=O)OC1=C(C)OC(CC)C1=O. The number of hydrogen-bond acceptors (Lipinski definition) is 4. The second-order valence-corrected chi connectivity index (χ2v) is 4.20. The van der Waals surface area contributed by atoms with Crippen LogP contribution in [0.15, 0.2) is 11.5 Å². The van der Waals surface area contributed by atoms with Gasteiger partial charge in [0, 0.05) is 6.42 Å². The lowest BCUT2D eigenvalue weighted by Crippen LogP contribution is -2.19. The van der Waals surface area contributed by atoms with E-state index in [1.165, 1.54) is 0 Å². The third-order valence-corrected chi connectivity index (χ3v) is 2.73. The van der Waals surface area contributed by atoms with Gasteiger partial charge >= 0.3 is 5.97 Å². The lowest BCUT2D eigenvalue weighted by molar-refractivity contribution is -0.142. The predicted molar refractivity (Wildman–Crippen MR) is 63.1 cm³/mol. The zero-order chi connectivity index (χ0) is 12.8. The van der Waals surface area contributed by atoms with Crippen molar-refractivity contribution in [3.05, 3.63) is 11.5 Å². The first-order valence-corrected chi connectivity index (χ1v) is 6.22. The second-order valence-electron chi connectivity index (χ2n) is 4.20. The molecular formula is C13H20O4. The molecule has 0 bridgehead atoms. The van der Waals surface area contributed by atoms with Crippen LogP contribution < -0.4 is 0 Å². The minimum Gasteiger partial charge on any atom is -0.483 e. The van der Waals surface area contributed by atoms with Gasteiger partial charge in [0.05, 0.1) is 0 Å². The summed E-state index contributed by atoms with van der Waals surface area (Å²) in [6.45, 7) is 5.59. The zero-order valence-corrected chi connectivity index (χ0v) is 10.7. The Morgan fingerprint density at radius 2 is 2.06 bits per heavy atom. The fourth-order valence-corrected chi connectivity index (χ4v) is 1.72. The van der Waals surface area contributed by atoms with E-state index in [0.717, 1.165) is 19.3 Å². The van der Waals surface area contributed by atoms with Gasteiger partial charge < -0.3 is 9.47 Å². The van der Waals surface area contributed by atoms with Crippen molar-refractivity contribution >= 4 is 11.8 Å². The van der Waals surface area contributed by atoms with Crippen LogP contribution in [0, 0.1) is 0 Å². The number of unbranched alkanes of at least 4 members (excludes halogenated alkanes) is 2. The van der Waals surface area contributed by atoms with E-state index in [9.17, 15) is 9.59 Å². The Balaban J connectivity index is 2.48. The number of allylic oxidation sites excluding steroid dienone is 1. The summed E-state index contributed by atoms with van der Waals surface area (Å²) in [4.78, 5) is 23.2. The molecule has 0 aromatic carbocycles. The number of hydrogen-bond donors (Lipinski definition) is 0. The fraction of sp³-hybridized carbons (Fsp3) is 0.692. The summed E-state index contributed by atoms with van der Waals surface area (Å²) in [7, 11) is 0. The molecule has 4 heteroatoms. The van der Waals surface area contributed by atoms with E-state index >= 15 is 0 Å². The monoisotopic (exact) mass is 240 g/mol. The fourth-order valence-electron chi connectivity index (χ4n) is 1.72. The Hall–Kier alpha value is -1.32. The number of ether oxygens (including phenoxy) is 2. The van der Waals surface area contributed by atoms with E-state index in [4.69, 9.17) is 9.47 Å². The number of esters is 1. The number of carbonyl (C=O) groups excluding carboxylic acids is 2. The van der Waals surface area contributed by atoms with E-state index in [1.807, 2.05) is 6.92 Å². The smallest absolute Gasteiger partial charge is 0.311 e. The van der Waals surface area contributed by atoms with Crippen molar-refractivity contribution in [2.24, 2.45) is 0 Å². The minimum atomic E-state index is -0.478. The van der Waals surface area contributed by atoms with Gasteiger partial charge in [0.1, 0.15) is 5.76 Å². The molecule has 17 heavy (non-hydrogen) atoms. The topological polar surface area (TPSA) is 52.6 Å². The second kappa shape index (κ2) is 6.42. The molecule has 0 aliphatic carbocycles. The van der Waals surface area contributed by atoms with Crippen molar-refractivity contribution in [1.82, 2.24) is 0 Å². The van der Waals surface area contributed by atoms with Crippen LogP contribution in [0.5, 0.6) is 0 Å². The van der Waals surface area contributed by atoms with Crippen molar-refractivity contribution < 1.29 is 19.1 Å². The maximum atomic E-state index is 11.8. The molecule has 1 aliphatic heterocycles.